The second kappa shape index (κ2) is 39.0. The van der Waals surface area contributed by atoms with Gasteiger partial charge in [0.25, 0.3) is 0 Å². The third kappa shape index (κ3) is 30.8. The summed E-state index contributed by atoms with van der Waals surface area (Å²) in [6.45, 7) is 18.0. The molecule has 0 radical (unpaired) electrons. The summed E-state index contributed by atoms with van der Waals surface area (Å²) in [5, 5.41) is 0. The fourth-order valence-electron chi connectivity index (χ4n) is 11.6. The molecule has 2 fully saturated rings. The Morgan fingerprint density at radius 3 is 1.24 bits per heavy atom. The molecule has 0 amide bonds. The number of rotatable bonds is 43. The van der Waals surface area contributed by atoms with Crippen LogP contribution in [0.3, 0.4) is 0 Å². The van der Waals surface area contributed by atoms with Crippen LogP contribution in [0, 0.1) is 22.2 Å². The second-order valence-electron chi connectivity index (χ2n) is 22.0. The maximum atomic E-state index is 13.0. The summed E-state index contributed by atoms with van der Waals surface area (Å²) < 4.78 is 17.7. The molecule has 7 heteroatoms. The Bertz CT molecular complexity index is 1410. The van der Waals surface area contributed by atoms with Gasteiger partial charge >= 0.3 is 17.9 Å². The van der Waals surface area contributed by atoms with Crippen LogP contribution in [0.5, 0.6) is 0 Å². The van der Waals surface area contributed by atoms with Crippen LogP contribution in [0.4, 0.5) is 0 Å². The minimum atomic E-state index is -0.0833. The van der Waals surface area contributed by atoms with Crippen LogP contribution in [0.2, 0.25) is 0 Å². The number of hydrogen-bond donors (Lipinski definition) is 0. The normalized spacial score (nSPS) is 21.8. The molecule has 0 N–H and O–H groups in total. The van der Waals surface area contributed by atoms with E-state index in [1.807, 2.05) is 0 Å². The topological polar surface area (TPSA) is 82.1 Å². The third-order valence-electron chi connectivity index (χ3n) is 15.1. The SMILES string of the molecule is CCCCC/C=C\C/C=C\CCCCCCCC(=O)OCCC1(C)CC2CC(C)(CCOC(=O)CCCN(CC)CC)CC(CCOC(=O)CCCCCCC/C=C\C/C=C\CCCCC)(C2)C1. The van der Waals surface area contributed by atoms with Crippen molar-refractivity contribution >= 4 is 17.9 Å². The molecule has 0 aromatic rings. The minimum absolute atomic E-state index is 0.0445. The predicted molar refractivity (Wildman–Crippen MR) is 288 cm³/mol. The lowest BCUT2D eigenvalue weighted by Crippen LogP contribution is -2.48. The van der Waals surface area contributed by atoms with E-state index < -0.39 is 0 Å². The first-order chi connectivity index (χ1) is 33.0. The fraction of sp³-hybridized carbons (Fsp3) is 0.820. The Kier molecular flexibility index (Phi) is 35.2. The van der Waals surface area contributed by atoms with E-state index in [1.165, 1.54) is 83.5 Å². The van der Waals surface area contributed by atoms with Gasteiger partial charge in [-0.3, -0.25) is 14.4 Å². The van der Waals surface area contributed by atoms with E-state index in [-0.39, 0.29) is 34.2 Å². The number of nitrogens with zero attached hydrogens (tertiary/aromatic N) is 1. The lowest BCUT2D eigenvalue weighted by Gasteiger charge is -2.58. The van der Waals surface area contributed by atoms with Gasteiger partial charge < -0.3 is 19.1 Å². The molecule has 7 nitrogen and oxygen atoms in total. The van der Waals surface area contributed by atoms with Gasteiger partial charge in [-0.15, -0.1) is 0 Å². The van der Waals surface area contributed by atoms with E-state index in [0.29, 0.717) is 45.0 Å². The summed E-state index contributed by atoms with van der Waals surface area (Å²) >= 11 is 0. The van der Waals surface area contributed by atoms with Gasteiger partial charge in [0, 0.05) is 19.3 Å². The van der Waals surface area contributed by atoms with E-state index in [0.717, 1.165) is 135 Å². The maximum Gasteiger partial charge on any atom is 0.305 e. The van der Waals surface area contributed by atoms with Gasteiger partial charge in [0.1, 0.15) is 0 Å². The number of allylic oxidation sites excluding steroid dienone is 8. The highest BCUT2D eigenvalue weighted by molar-refractivity contribution is 5.70. The van der Waals surface area contributed by atoms with Crippen molar-refractivity contribution in [1.29, 1.82) is 0 Å². The van der Waals surface area contributed by atoms with Crippen molar-refractivity contribution in [2.24, 2.45) is 22.2 Å². The molecule has 2 aliphatic carbocycles. The van der Waals surface area contributed by atoms with E-state index in [4.69, 9.17) is 14.2 Å². The number of unbranched alkanes of at least 4 members (excludes halogenated alkanes) is 16. The molecule has 0 aliphatic heterocycles. The monoisotopic (exact) mass is 950 g/mol. The standard InChI is InChI=1S/C61H107NO6/c1-7-11-13-15-17-19-21-23-25-27-29-31-33-35-37-40-56(63)66-47-43-59(5)50-55-51-60(6,44-48-67-58(65)42-39-46-62(9-3)10-4)54-61(52-55,53-59)45-49-68-57(64)41-38-36-34-32-30-28-26-24-22-20-18-16-14-12-8-2/h17-20,23-26,55H,7-16,21-22,27-54H2,1-6H3/b19-17-,20-18-,25-23-,26-24-. The number of carbonyl (C=O) groups is 3. The van der Waals surface area contributed by atoms with Gasteiger partial charge in [0.2, 0.25) is 0 Å². The molecular formula is C61H107NO6. The smallest absolute Gasteiger partial charge is 0.305 e. The highest BCUT2D eigenvalue weighted by Crippen LogP contribution is 2.63. The average Bonchev–Trinajstić information content (AvgIpc) is 3.29. The van der Waals surface area contributed by atoms with Crippen molar-refractivity contribution in [3.63, 3.8) is 0 Å². The van der Waals surface area contributed by atoms with E-state index in [1.54, 1.807) is 0 Å². The van der Waals surface area contributed by atoms with Crippen molar-refractivity contribution in [3.8, 4) is 0 Å². The van der Waals surface area contributed by atoms with Gasteiger partial charge in [-0.05, 0) is 177 Å². The van der Waals surface area contributed by atoms with Crippen LogP contribution >= 0.6 is 0 Å². The Hall–Kier alpha value is -2.67. The van der Waals surface area contributed by atoms with E-state index in [2.05, 4.69) is 95.1 Å². The summed E-state index contributed by atoms with van der Waals surface area (Å²) in [6.07, 6.45) is 54.5. The number of fused-ring (bicyclic) bond motifs is 2. The first-order valence-electron chi connectivity index (χ1n) is 28.8. The Morgan fingerprint density at radius 1 is 0.456 bits per heavy atom. The molecule has 2 saturated carbocycles. The quantitative estimate of drug-likeness (QED) is 0.0261. The lowest BCUT2D eigenvalue weighted by atomic mass is 9.47. The first kappa shape index (κ1) is 61.4. The highest BCUT2D eigenvalue weighted by atomic mass is 16.5. The Labute approximate surface area is 419 Å². The van der Waals surface area contributed by atoms with Gasteiger partial charge in [-0.2, -0.15) is 0 Å². The number of ether oxygens (including phenoxy) is 3. The van der Waals surface area contributed by atoms with E-state index >= 15 is 0 Å². The lowest BCUT2D eigenvalue weighted by molar-refractivity contribution is -0.147. The average molecular weight is 951 g/mol. The van der Waals surface area contributed by atoms with Crippen LogP contribution in [0.15, 0.2) is 48.6 Å². The zero-order chi connectivity index (χ0) is 49.4. The highest BCUT2D eigenvalue weighted by Gasteiger charge is 2.53. The largest absolute Gasteiger partial charge is 0.466 e. The zero-order valence-corrected chi connectivity index (χ0v) is 45.4. The first-order valence-corrected chi connectivity index (χ1v) is 28.8. The van der Waals surface area contributed by atoms with Crippen LogP contribution in [-0.2, 0) is 28.6 Å². The molecule has 4 atom stereocenters. The van der Waals surface area contributed by atoms with Crippen LogP contribution in [0.25, 0.3) is 0 Å². The van der Waals surface area contributed by atoms with Gasteiger partial charge in [0.05, 0.1) is 19.8 Å². The molecule has 0 aromatic heterocycles. The predicted octanol–water partition coefficient (Wildman–Crippen LogP) is 17.1. The molecule has 0 aromatic carbocycles. The molecule has 392 valence electrons. The molecule has 0 heterocycles. The van der Waals surface area contributed by atoms with Crippen LogP contribution < -0.4 is 0 Å². The molecule has 0 spiro atoms. The molecule has 68 heavy (non-hydrogen) atoms. The minimum Gasteiger partial charge on any atom is -0.466 e. The molecule has 4 unspecified atom stereocenters. The van der Waals surface area contributed by atoms with Crippen molar-refractivity contribution < 1.29 is 28.6 Å². The van der Waals surface area contributed by atoms with Crippen molar-refractivity contribution in [2.45, 2.75) is 260 Å². The summed E-state index contributed by atoms with van der Waals surface area (Å²) in [7, 11) is 0. The number of esters is 3. The summed E-state index contributed by atoms with van der Waals surface area (Å²) in [4.78, 5) is 40.9. The molecular weight excluding hydrogens is 843 g/mol. The third-order valence-corrected chi connectivity index (χ3v) is 15.1. The van der Waals surface area contributed by atoms with Gasteiger partial charge in [0.15, 0.2) is 0 Å². The summed E-state index contributed by atoms with van der Waals surface area (Å²) in [5.41, 5.74) is 0.166. The molecule has 0 saturated heterocycles. The molecule has 2 bridgehead atoms. The van der Waals surface area contributed by atoms with Crippen molar-refractivity contribution in [2.75, 3.05) is 39.5 Å². The summed E-state index contributed by atoms with van der Waals surface area (Å²) in [5.74, 6) is 0.338. The van der Waals surface area contributed by atoms with Crippen LogP contribution in [0.1, 0.15) is 260 Å². The maximum absolute atomic E-state index is 13.0. The number of hydrogen-bond acceptors (Lipinski definition) is 7. The van der Waals surface area contributed by atoms with Gasteiger partial charge in [-0.25, -0.2) is 0 Å². The fourth-order valence-corrected chi connectivity index (χ4v) is 11.6. The number of carbonyl (C=O) groups excluding carboxylic acids is 3. The van der Waals surface area contributed by atoms with Gasteiger partial charge in [-0.1, -0.05) is 154 Å². The molecule has 2 aliphatic rings. The molecule has 2 rings (SSSR count). The van der Waals surface area contributed by atoms with Crippen LogP contribution in [-0.4, -0.2) is 62.3 Å². The Balaban J connectivity index is 1.80. The van der Waals surface area contributed by atoms with E-state index in [9.17, 15) is 14.4 Å². The Morgan fingerprint density at radius 2 is 0.824 bits per heavy atom. The van der Waals surface area contributed by atoms with Crippen molar-refractivity contribution in [1.82, 2.24) is 4.90 Å². The zero-order valence-electron chi connectivity index (χ0n) is 45.4. The van der Waals surface area contributed by atoms with Crippen molar-refractivity contribution in [3.05, 3.63) is 48.6 Å². The summed E-state index contributed by atoms with van der Waals surface area (Å²) in [6, 6.07) is 0. The second-order valence-corrected chi connectivity index (χ2v) is 22.0.